The van der Waals surface area contributed by atoms with Crippen LogP contribution in [0.3, 0.4) is 0 Å². The Morgan fingerprint density at radius 1 is 0.957 bits per heavy atom. The van der Waals surface area contributed by atoms with Gasteiger partial charge in [0.1, 0.15) is 18.2 Å². The van der Waals surface area contributed by atoms with Crippen molar-refractivity contribution in [1.82, 2.24) is 0 Å². The molecule has 0 aliphatic carbocycles. The van der Waals surface area contributed by atoms with Crippen molar-refractivity contribution in [2.75, 3.05) is 6.54 Å². The molecule has 2 aromatic carbocycles. The number of rotatable bonds is 9. The minimum Gasteiger partial charge on any atom is -0.489 e. The van der Waals surface area contributed by atoms with Crippen LogP contribution in [0.2, 0.25) is 0 Å². The van der Waals surface area contributed by atoms with Crippen LogP contribution in [0, 0.1) is 5.82 Å². The smallest absolute Gasteiger partial charge is 0.123 e. The van der Waals surface area contributed by atoms with E-state index in [1.54, 1.807) is 12.1 Å². The SMILES string of the molecule is CCCCCCN=Cc1ccc(OCc2ccc(F)cc2)cc1. The Morgan fingerprint density at radius 3 is 2.39 bits per heavy atom. The summed E-state index contributed by atoms with van der Waals surface area (Å²) >= 11 is 0. The summed E-state index contributed by atoms with van der Waals surface area (Å²) in [5, 5.41) is 0. The van der Waals surface area contributed by atoms with E-state index in [2.05, 4.69) is 11.9 Å². The highest BCUT2D eigenvalue weighted by Crippen LogP contribution is 2.14. The highest BCUT2D eigenvalue weighted by Gasteiger charge is 1.97. The molecule has 2 nitrogen and oxygen atoms in total. The second kappa shape index (κ2) is 9.78. The lowest BCUT2D eigenvalue weighted by Gasteiger charge is -2.06. The summed E-state index contributed by atoms with van der Waals surface area (Å²) in [6.45, 7) is 3.54. The number of aliphatic imine (C=N–C) groups is 1. The van der Waals surface area contributed by atoms with Crippen LogP contribution >= 0.6 is 0 Å². The maximum atomic E-state index is 12.8. The van der Waals surface area contributed by atoms with Crippen LogP contribution in [0.5, 0.6) is 5.75 Å². The number of halogens is 1. The zero-order chi connectivity index (χ0) is 16.3. The Morgan fingerprint density at radius 2 is 1.70 bits per heavy atom. The summed E-state index contributed by atoms with van der Waals surface area (Å²) in [6, 6.07) is 14.2. The maximum absolute atomic E-state index is 12.8. The predicted molar refractivity (Wildman–Crippen MR) is 93.8 cm³/mol. The van der Waals surface area contributed by atoms with Gasteiger partial charge in [-0.05, 0) is 53.9 Å². The molecule has 0 atom stereocenters. The van der Waals surface area contributed by atoms with E-state index in [1.807, 2.05) is 30.5 Å². The second-order valence-corrected chi connectivity index (χ2v) is 5.58. The molecule has 0 unspecified atom stereocenters. The van der Waals surface area contributed by atoms with Crippen LogP contribution in [-0.2, 0) is 6.61 Å². The normalized spacial score (nSPS) is 11.0. The standard InChI is InChI=1S/C20H24FNO/c1-2-3-4-5-14-22-15-17-8-12-20(13-9-17)23-16-18-6-10-19(21)11-7-18/h6-13,15H,2-5,14,16H2,1H3. The molecule has 23 heavy (non-hydrogen) atoms. The molecule has 0 aliphatic rings. The summed E-state index contributed by atoms with van der Waals surface area (Å²) in [5.41, 5.74) is 2.03. The number of hydrogen-bond acceptors (Lipinski definition) is 2. The van der Waals surface area contributed by atoms with Gasteiger partial charge in [0.05, 0.1) is 0 Å². The first-order valence-corrected chi connectivity index (χ1v) is 8.25. The summed E-state index contributed by atoms with van der Waals surface area (Å²) in [4.78, 5) is 4.44. The van der Waals surface area contributed by atoms with E-state index in [-0.39, 0.29) is 5.82 Å². The molecule has 0 saturated carbocycles. The van der Waals surface area contributed by atoms with Crippen molar-refractivity contribution in [2.24, 2.45) is 4.99 Å². The van der Waals surface area contributed by atoms with Gasteiger partial charge in [0.15, 0.2) is 0 Å². The highest BCUT2D eigenvalue weighted by molar-refractivity contribution is 5.79. The van der Waals surface area contributed by atoms with E-state index >= 15 is 0 Å². The van der Waals surface area contributed by atoms with Crippen LogP contribution in [0.25, 0.3) is 0 Å². The lowest BCUT2D eigenvalue weighted by molar-refractivity contribution is 0.306. The van der Waals surface area contributed by atoms with Crippen LogP contribution < -0.4 is 4.74 Å². The molecule has 0 amide bonds. The average molecular weight is 313 g/mol. The molecule has 0 heterocycles. The number of nitrogens with zero attached hydrogens (tertiary/aromatic N) is 1. The van der Waals surface area contributed by atoms with Crippen molar-refractivity contribution >= 4 is 6.21 Å². The first-order valence-electron chi connectivity index (χ1n) is 8.25. The Bertz CT molecular complexity index is 590. The Kier molecular flexibility index (Phi) is 7.31. The van der Waals surface area contributed by atoms with E-state index in [1.165, 1.54) is 31.4 Å². The maximum Gasteiger partial charge on any atom is 0.123 e. The molecular weight excluding hydrogens is 289 g/mol. The molecular formula is C20H24FNO. The molecule has 2 rings (SSSR count). The first-order chi connectivity index (χ1) is 11.3. The fourth-order valence-electron chi connectivity index (χ4n) is 2.20. The number of ether oxygens (including phenoxy) is 1. The van der Waals surface area contributed by atoms with E-state index in [9.17, 15) is 4.39 Å². The van der Waals surface area contributed by atoms with Crippen molar-refractivity contribution in [2.45, 2.75) is 39.2 Å². The van der Waals surface area contributed by atoms with Crippen molar-refractivity contribution < 1.29 is 9.13 Å². The lowest BCUT2D eigenvalue weighted by Crippen LogP contribution is -1.95. The van der Waals surface area contributed by atoms with Gasteiger partial charge in [0.2, 0.25) is 0 Å². The van der Waals surface area contributed by atoms with Gasteiger partial charge in [-0.15, -0.1) is 0 Å². The predicted octanol–water partition coefficient (Wildman–Crippen LogP) is 5.40. The summed E-state index contributed by atoms with van der Waals surface area (Å²) in [7, 11) is 0. The van der Waals surface area contributed by atoms with Crippen LogP contribution in [0.1, 0.15) is 43.7 Å². The van der Waals surface area contributed by atoms with Crippen LogP contribution in [0.15, 0.2) is 53.5 Å². The minimum absolute atomic E-state index is 0.230. The minimum atomic E-state index is -0.230. The lowest BCUT2D eigenvalue weighted by atomic mass is 10.2. The van der Waals surface area contributed by atoms with Gasteiger partial charge in [0, 0.05) is 12.8 Å². The van der Waals surface area contributed by atoms with Crippen LogP contribution in [0.4, 0.5) is 4.39 Å². The van der Waals surface area contributed by atoms with Gasteiger partial charge in [-0.2, -0.15) is 0 Å². The largest absolute Gasteiger partial charge is 0.489 e. The fraction of sp³-hybridized carbons (Fsp3) is 0.350. The average Bonchev–Trinajstić information content (AvgIpc) is 2.58. The number of hydrogen-bond donors (Lipinski definition) is 0. The van der Waals surface area contributed by atoms with Gasteiger partial charge in [0.25, 0.3) is 0 Å². The van der Waals surface area contributed by atoms with Gasteiger partial charge in [-0.25, -0.2) is 4.39 Å². The molecule has 2 aromatic rings. The molecule has 0 fully saturated rings. The molecule has 0 N–H and O–H groups in total. The zero-order valence-corrected chi connectivity index (χ0v) is 13.7. The first kappa shape index (κ1) is 17.2. The van der Waals surface area contributed by atoms with Gasteiger partial charge in [-0.3, -0.25) is 4.99 Å². The third-order valence-corrected chi connectivity index (χ3v) is 3.58. The topological polar surface area (TPSA) is 21.6 Å². The fourth-order valence-corrected chi connectivity index (χ4v) is 2.20. The van der Waals surface area contributed by atoms with Gasteiger partial charge >= 0.3 is 0 Å². The Labute approximate surface area is 138 Å². The number of unbranched alkanes of at least 4 members (excludes halogenated alkanes) is 3. The molecule has 0 aliphatic heterocycles. The second-order valence-electron chi connectivity index (χ2n) is 5.58. The zero-order valence-electron chi connectivity index (χ0n) is 13.7. The quantitative estimate of drug-likeness (QED) is 0.448. The summed E-state index contributed by atoms with van der Waals surface area (Å²) in [5.74, 6) is 0.571. The van der Waals surface area contributed by atoms with E-state index in [0.717, 1.165) is 29.8 Å². The molecule has 0 bridgehead atoms. The van der Waals surface area contributed by atoms with E-state index in [4.69, 9.17) is 4.74 Å². The third kappa shape index (κ3) is 6.64. The van der Waals surface area contributed by atoms with E-state index < -0.39 is 0 Å². The van der Waals surface area contributed by atoms with Gasteiger partial charge < -0.3 is 4.74 Å². The van der Waals surface area contributed by atoms with Crippen molar-refractivity contribution in [3.05, 3.63) is 65.5 Å². The van der Waals surface area contributed by atoms with Crippen molar-refractivity contribution in [1.29, 1.82) is 0 Å². The summed E-state index contributed by atoms with van der Waals surface area (Å²) in [6.07, 6.45) is 6.86. The molecule has 0 spiro atoms. The van der Waals surface area contributed by atoms with E-state index in [0.29, 0.717) is 6.61 Å². The molecule has 3 heteroatoms. The molecule has 0 radical (unpaired) electrons. The van der Waals surface area contributed by atoms with Crippen molar-refractivity contribution in [3.8, 4) is 5.75 Å². The third-order valence-electron chi connectivity index (χ3n) is 3.58. The monoisotopic (exact) mass is 313 g/mol. The van der Waals surface area contributed by atoms with Gasteiger partial charge in [-0.1, -0.05) is 38.3 Å². The molecule has 0 saturated heterocycles. The molecule has 0 aromatic heterocycles. The number of benzene rings is 2. The molecule has 122 valence electrons. The highest BCUT2D eigenvalue weighted by atomic mass is 19.1. The Hall–Kier alpha value is -2.16. The van der Waals surface area contributed by atoms with Crippen molar-refractivity contribution in [3.63, 3.8) is 0 Å². The van der Waals surface area contributed by atoms with Crippen LogP contribution in [-0.4, -0.2) is 12.8 Å². The summed E-state index contributed by atoms with van der Waals surface area (Å²) < 4.78 is 18.5. The Balaban J connectivity index is 1.75.